The molecule has 2 rings (SSSR count). The largest absolute Gasteiger partial charge is 0.307 e. The zero-order valence-electron chi connectivity index (χ0n) is 10.7. The number of nitrogens with zero attached hydrogens (tertiary/aromatic N) is 2. The van der Waals surface area contributed by atoms with Crippen molar-refractivity contribution in [3.05, 3.63) is 35.8 Å². The van der Waals surface area contributed by atoms with Gasteiger partial charge in [0.15, 0.2) is 0 Å². The van der Waals surface area contributed by atoms with Crippen LogP contribution in [0.1, 0.15) is 39.0 Å². The molecule has 0 radical (unpaired) electrons. The van der Waals surface area contributed by atoms with E-state index in [1.54, 1.807) is 0 Å². The maximum Gasteiger partial charge on any atom is 0.137 e. The van der Waals surface area contributed by atoms with Crippen LogP contribution in [0, 0.1) is 13.8 Å². The Morgan fingerprint density at radius 3 is 2.27 bits per heavy atom. The van der Waals surface area contributed by atoms with Crippen molar-refractivity contribution in [1.29, 1.82) is 0 Å². The summed E-state index contributed by atoms with van der Waals surface area (Å²) in [5, 5.41) is 0. The van der Waals surface area contributed by atoms with Gasteiger partial charge in [0.1, 0.15) is 5.65 Å². The van der Waals surface area contributed by atoms with E-state index in [0.717, 1.165) is 11.3 Å². The Morgan fingerprint density at radius 2 is 1.67 bits per heavy atom. The van der Waals surface area contributed by atoms with E-state index in [-0.39, 0.29) is 0 Å². The maximum atomic E-state index is 4.34. The highest BCUT2D eigenvalue weighted by Gasteiger charge is 1.95. The molecule has 0 amide bonds. The molecule has 0 atom stereocenters. The van der Waals surface area contributed by atoms with E-state index >= 15 is 0 Å². The smallest absolute Gasteiger partial charge is 0.137 e. The Bertz CT molecular complexity index is 388. The fraction of sp³-hybridized carbons (Fsp3) is 0.462. The van der Waals surface area contributed by atoms with Gasteiger partial charge < -0.3 is 4.40 Å². The minimum absolute atomic E-state index is 1.03. The minimum Gasteiger partial charge on any atom is -0.307 e. The first-order chi connectivity index (χ1) is 7.25. The molecule has 0 aromatic carbocycles. The number of hydrogen-bond donors (Lipinski definition) is 0. The second-order valence-corrected chi connectivity index (χ2v) is 2.85. The van der Waals surface area contributed by atoms with Crippen molar-refractivity contribution in [3.63, 3.8) is 0 Å². The van der Waals surface area contributed by atoms with Gasteiger partial charge in [0, 0.05) is 12.4 Å². The lowest BCUT2D eigenvalue weighted by Crippen LogP contribution is -1.81. The number of pyridine rings is 1. The lowest BCUT2D eigenvalue weighted by molar-refractivity contribution is 1.17. The van der Waals surface area contributed by atoms with Crippen LogP contribution >= 0.6 is 0 Å². The van der Waals surface area contributed by atoms with Crippen LogP contribution < -0.4 is 0 Å². The molecule has 0 unspecified atom stereocenters. The molecule has 0 bridgehead atoms. The summed E-state index contributed by atoms with van der Waals surface area (Å²) in [6.45, 7) is 12.1. The predicted octanol–water partition coefficient (Wildman–Crippen LogP) is 4.00. The van der Waals surface area contributed by atoms with Gasteiger partial charge in [-0.25, -0.2) is 4.98 Å². The molecule has 2 heterocycles. The topological polar surface area (TPSA) is 17.3 Å². The SMILES string of the molecule is CC.CC.Cc1ccn2cc(C)nc2c1. The number of aromatic nitrogens is 2. The standard InChI is InChI=1S/C9H10N2.2C2H6/c1-7-3-4-11-6-8(2)10-9(11)5-7;2*1-2/h3-6H,1-2H3;2*1-2H3. The molecule has 0 saturated carbocycles. The lowest BCUT2D eigenvalue weighted by atomic mass is 10.3. The van der Waals surface area contributed by atoms with Gasteiger partial charge in [-0.15, -0.1) is 0 Å². The normalized spacial score (nSPS) is 8.67. The molecule has 2 aromatic heterocycles. The molecular weight excluding hydrogens is 184 g/mol. The Kier molecular flexibility index (Phi) is 6.43. The van der Waals surface area contributed by atoms with Crippen molar-refractivity contribution in [3.8, 4) is 0 Å². The fourth-order valence-corrected chi connectivity index (χ4v) is 1.21. The van der Waals surface area contributed by atoms with Crippen LogP contribution in [-0.4, -0.2) is 9.38 Å². The van der Waals surface area contributed by atoms with Crippen molar-refractivity contribution >= 4 is 5.65 Å². The van der Waals surface area contributed by atoms with Crippen LogP contribution in [0.15, 0.2) is 24.5 Å². The average molecular weight is 206 g/mol. The van der Waals surface area contributed by atoms with Gasteiger partial charge in [-0.05, 0) is 31.5 Å². The highest BCUT2D eigenvalue weighted by atomic mass is 15.0. The van der Waals surface area contributed by atoms with Crippen LogP contribution in [0.25, 0.3) is 5.65 Å². The summed E-state index contributed by atoms with van der Waals surface area (Å²) in [5.41, 5.74) is 3.35. The number of aryl methyl sites for hydroxylation is 2. The molecule has 0 fully saturated rings. The first kappa shape index (κ1) is 13.7. The zero-order valence-corrected chi connectivity index (χ0v) is 10.7. The van der Waals surface area contributed by atoms with Gasteiger partial charge in [0.25, 0.3) is 0 Å². The summed E-state index contributed by atoms with van der Waals surface area (Å²) in [5.74, 6) is 0. The number of fused-ring (bicyclic) bond motifs is 1. The van der Waals surface area contributed by atoms with Gasteiger partial charge in [-0.1, -0.05) is 27.7 Å². The van der Waals surface area contributed by atoms with E-state index in [4.69, 9.17) is 0 Å². The molecular formula is C13H22N2. The summed E-state index contributed by atoms with van der Waals surface area (Å²) in [7, 11) is 0. The molecule has 15 heavy (non-hydrogen) atoms. The van der Waals surface area contributed by atoms with E-state index in [9.17, 15) is 0 Å². The van der Waals surface area contributed by atoms with E-state index in [2.05, 4.69) is 24.0 Å². The third-order valence-corrected chi connectivity index (χ3v) is 1.74. The van der Waals surface area contributed by atoms with Gasteiger partial charge in [0.05, 0.1) is 5.69 Å². The first-order valence-electron chi connectivity index (χ1n) is 5.68. The zero-order chi connectivity index (χ0) is 11.8. The van der Waals surface area contributed by atoms with E-state index < -0.39 is 0 Å². The van der Waals surface area contributed by atoms with Crippen molar-refractivity contribution in [2.24, 2.45) is 0 Å². The Labute approximate surface area is 93.0 Å². The van der Waals surface area contributed by atoms with Crippen molar-refractivity contribution < 1.29 is 0 Å². The van der Waals surface area contributed by atoms with E-state index in [1.807, 2.05) is 51.4 Å². The van der Waals surface area contributed by atoms with Crippen LogP contribution in [0.3, 0.4) is 0 Å². The van der Waals surface area contributed by atoms with Gasteiger partial charge >= 0.3 is 0 Å². The first-order valence-corrected chi connectivity index (χ1v) is 5.68. The van der Waals surface area contributed by atoms with Gasteiger partial charge in [0.2, 0.25) is 0 Å². The summed E-state index contributed by atoms with van der Waals surface area (Å²) < 4.78 is 2.03. The molecule has 0 aliphatic heterocycles. The van der Waals surface area contributed by atoms with Crippen molar-refractivity contribution in [2.45, 2.75) is 41.5 Å². The van der Waals surface area contributed by atoms with Crippen LogP contribution in [-0.2, 0) is 0 Å². The summed E-state index contributed by atoms with van der Waals surface area (Å²) in [4.78, 5) is 4.34. The molecule has 0 aliphatic carbocycles. The molecule has 2 heteroatoms. The lowest BCUT2D eigenvalue weighted by Gasteiger charge is -1.92. The van der Waals surface area contributed by atoms with Crippen molar-refractivity contribution in [2.75, 3.05) is 0 Å². The summed E-state index contributed by atoms with van der Waals surface area (Å²) in [6.07, 6.45) is 4.06. The third kappa shape index (κ3) is 3.74. The minimum atomic E-state index is 1.03. The highest BCUT2D eigenvalue weighted by molar-refractivity contribution is 5.42. The number of imidazole rings is 1. The number of rotatable bonds is 0. The molecule has 2 nitrogen and oxygen atoms in total. The molecule has 84 valence electrons. The molecule has 2 aromatic rings. The monoisotopic (exact) mass is 206 g/mol. The quantitative estimate of drug-likeness (QED) is 0.636. The van der Waals surface area contributed by atoms with Gasteiger partial charge in [-0.2, -0.15) is 0 Å². The molecule has 0 saturated heterocycles. The van der Waals surface area contributed by atoms with Crippen LogP contribution in [0.5, 0.6) is 0 Å². The third-order valence-electron chi connectivity index (χ3n) is 1.74. The highest BCUT2D eigenvalue weighted by Crippen LogP contribution is 2.05. The van der Waals surface area contributed by atoms with Crippen LogP contribution in [0.2, 0.25) is 0 Å². The Balaban J connectivity index is 0.000000442. The van der Waals surface area contributed by atoms with Crippen LogP contribution in [0.4, 0.5) is 0 Å². The van der Waals surface area contributed by atoms with Crippen molar-refractivity contribution in [1.82, 2.24) is 9.38 Å². The van der Waals surface area contributed by atoms with E-state index in [1.165, 1.54) is 5.56 Å². The summed E-state index contributed by atoms with van der Waals surface area (Å²) >= 11 is 0. The number of hydrogen-bond acceptors (Lipinski definition) is 1. The molecule has 0 N–H and O–H groups in total. The second kappa shape index (κ2) is 7.04. The Hall–Kier alpha value is -1.31. The average Bonchev–Trinajstić information content (AvgIpc) is 2.63. The Morgan fingerprint density at radius 1 is 1.07 bits per heavy atom. The van der Waals surface area contributed by atoms with Gasteiger partial charge in [-0.3, -0.25) is 0 Å². The fourth-order valence-electron chi connectivity index (χ4n) is 1.21. The van der Waals surface area contributed by atoms with E-state index in [0.29, 0.717) is 0 Å². The molecule has 0 aliphatic rings. The summed E-state index contributed by atoms with van der Waals surface area (Å²) in [6, 6.07) is 4.15. The predicted molar refractivity (Wildman–Crippen MR) is 67.4 cm³/mol. The maximum absolute atomic E-state index is 4.34. The second-order valence-electron chi connectivity index (χ2n) is 2.85. The molecule has 0 spiro atoms.